The summed E-state index contributed by atoms with van der Waals surface area (Å²) in [4.78, 5) is 9.83. The van der Waals surface area contributed by atoms with Crippen LogP contribution in [-0.4, -0.2) is 55.6 Å². The molecule has 214 valence electrons. The zero-order valence-electron chi connectivity index (χ0n) is 24.3. The lowest BCUT2D eigenvalue weighted by Gasteiger charge is -2.15. The first-order chi connectivity index (χ1) is 20.1. The van der Waals surface area contributed by atoms with Gasteiger partial charge in [0.15, 0.2) is 17.7 Å². The molecule has 0 aliphatic heterocycles. The highest BCUT2D eigenvalue weighted by Gasteiger charge is 2.19. The maximum Gasteiger partial charge on any atom is 0.200 e. The molecule has 0 spiro atoms. The van der Waals surface area contributed by atoms with Crippen LogP contribution in [0.1, 0.15) is 63.2 Å². The van der Waals surface area contributed by atoms with Crippen molar-refractivity contribution < 1.29 is 14.2 Å². The van der Waals surface area contributed by atoms with Crippen molar-refractivity contribution in [2.75, 3.05) is 20.8 Å². The summed E-state index contributed by atoms with van der Waals surface area (Å²) in [6.07, 6.45) is 2.24. The second-order valence-corrected chi connectivity index (χ2v) is 9.84. The van der Waals surface area contributed by atoms with Gasteiger partial charge in [0.1, 0.15) is 11.3 Å². The Bertz CT molecular complexity index is 1570. The summed E-state index contributed by atoms with van der Waals surface area (Å²) in [5.74, 6) is 1.70. The lowest BCUT2D eigenvalue weighted by molar-refractivity contribution is -0.108. The van der Waals surface area contributed by atoms with Crippen molar-refractivity contribution in [3.8, 4) is 22.5 Å². The normalized spacial score (nSPS) is 12.4. The lowest BCUT2D eigenvalue weighted by atomic mass is 9.98. The van der Waals surface area contributed by atoms with Gasteiger partial charge in [-0.15, -0.1) is 5.10 Å². The van der Waals surface area contributed by atoms with Crippen LogP contribution in [-0.2, 0) is 27.2 Å². The number of ether oxygens (including phenoxy) is 3. The minimum atomic E-state index is -0.529. The molecule has 0 aliphatic carbocycles. The van der Waals surface area contributed by atoms with E-state index < -0.39 is 6.29 Å². The van der Waals surface area contributed by atoms with Gasteiger partial charge in [-0.2, -0.15) is 4.68 Å². The average Bonchev–Trinajstić information content (AvgIpc) is 3.62. The Morgan fingerprint density at radius 1 is 0.878 bits per heavy atom. The monoisotopic (exact) mass is 555 g/mol. The number of tetrazole rings is 1. The Balaban J connectivity index is 1.48. The minimum absolute atomic E-state index is 0.274. The van der Waals surface area contributed by atoms with E-state index in [1.54, 1.807) is 18.9 Å². The van der Waals surface area contributed by atoms with Crippen molar-refractivity contribution >= 4 is 11.2 Å². The number of aryl methyl sites for hydroxylation is 1. The van der Waals surface area contributed by atoms with E-state index in [1.807, 2.05) is 44.2 Å². The van der Waals surface area contributed by atoms with Crippen LogP contribution in [0.2, 0.25) is 0 Å². The van der Waals surface area contributed by atoms with Crippen LogP contribution in [0.25, 0.3) is 33.7 Å². The van der Waals surface area contributed by atoms with Gasteiger partial charge in [-0.05, 0) is 59.5 Å². The maximum atomic E-state index is 5.75. The number of aromatic nitrogens is 7. The SMILES string of the molecule is CCCCc1nc2ccc(C(OC)OC)nc2n1Cc1ccc(-c2ccccc2-c2nnnn2C(C)OCC)cc1. The molecule has 0 fully saturated rings. The van der Waals surface area contributed by atoms with Gasteiger partial charge in [0, 0.05) is 32.8 Å². The smallest absolute Gasteiger partial charge is 0.200 e. The highest BCUT2D eigenvalue weighted by molar-refractivity contribution is 5.80. The fourth-order valence-corrected chi connectivity index (χ4v) is 5.05. The van der Waals surface area contributed by atoms with Gasteiger partial charge >= 0.3 is 0 Å². The lowest BCUT2D eigenvalue weighted by Crippen LogP contribution is -2.12. The number of hydrogen-bond donors (Lipinski definition) is 0. The predicted molar refractivity (Wildman–Crippen MR) is 157 cm³/mol. The van der Waals surface area contributed by atoms with Crippen LogP contribution >= 0.6 is 0 Å². The van der Waals surface area contributed by atoms with Gasteiger partial charge in [-0.25, -0.2) is 9.97 Å². The van der Waals surface area contributed by atoms with E-state index in [1.165, 1.54) is 0 Å². The molecule has 0 saturated carbocycles. The van der Waals surface area contributed by atoms with Crippen molar-refractivity contribution in [2.24, 2.45) is 0 Å². The minimum Gasteiger partial charge on any atom is -0.357 e. The molecule has 10 nitrogen and oxygen atoms in total. The zero-order valence-corrected chi connectivity index (χ0v) is 24.3. The molecule has 0 N–H and O–H groups in total. The van der Waals surface area contributed by atoms with Crippen LogP contribution < -0.4 is 0 Å². The largest absolute Gasteiger partial charge is 0.357 e. The molecular weight excluding hydrogens is 518 g/mol. The maximum absolute atomic E-state index is 5.75. The van der Waals surface area contributed by atoms with E-state index in [0.29, 0.717) is 19.0 Å². The summed E-state index contributed by atoms with van der Waals surface area (Å²) in [6, 6.07) is 20.7. The third-order valence-corrected chi connectivity index (χ3v) is 7.14. The van der Waals surface area contributed by atoms with Gasteiger partial charge in [-0.3, -0.25) is 0 Å². The molecule has 5 rings (SSSR count). The predicted octanol–water partition coefficient (Wildman–Crippen LogP) is 5.99. The molecule has 5 aromatic rings. The van der Waals surface area contributed by atoms with Gasteiger partial charge in [-0.1, -0.05) is 61.9 Å². The summed E-state index contributed by atoms with van der Waals surface area (Å²) in [7, 11) is 3.23. The van der Waals surface area contributed by atoms with Gasteiger partial charge < -0.3 is 18.8 Å². The number of unbranched alkanes of at least 4 members (excludes halogenated alkanes) is 1. The molecule has 1 unspecified atom stereocenters. The molecule has 2 aromatic carbocycles. The molecule has 3 aromatic heterocycles. The van der Waals surface area contributed by atoms with Crippen molar-refractivity contribution in [3.05, 3.63) is 77.7 Å². The van der Waals surface area contributed by atoms with Gasteiger partial charge in [0.2, 0.25) is 6.29 Å². The summed E-state index contributed by atoms with van der Waals surface area (Å²) in [5.41, 5.74) is 6.65. The fourth-order valence-electron chi connectivity index (χ4n) is 5.05. The van der Waals surface area contributed by atoms with Crippen LogP contribution in [0.5, 0.6) is 0 Å². The molecule has 1 atom stereocenters. The van der Waals surface area contributed by atoms with E-state index in [9.17, 15) is 0 Å². The highest BCUT2D eigenvalue weighted by Crippen LogP contribution is 2.32. The number of benzene rings is 2. The number of hydrogen-bond acceptors (Lipinski definition) is 8. The third-order valence-electron chi connectivity index (χ3n) is 7.14. The molecule has 0 aliphatic rings. The van der Waals surface area contributed by atoms with Gasteiger partial charge in [0.05, 0.1) is 12.2 Å². The van der Waals surface area contributed by atoms with E-state index in [-0.39, 0.29) is 6.23 Å². The molecule has 10 heteroatoms. The molecule has 0 bridgehead atoms. The van der Waals surface area contributed by atoms with Gasteiger partial charge in [0.25, 0.3) is 0 Å². The number of rotatable bonds is 13. The first kappa shape index (κ1) is 28.5. The van der Waals surface area contributed by atoms with Crippen LogP contribution in [0, 0.1) is 0 Å². The van der Waals surface area contributed by atoms with Crippen LogP contribution in [0.15, 0.2) is 60.7 Å². The van der Waals surface area contributed by atoms with E-state index >= 15 is 0 Å². The van der Waals surface area contributed by atoms with E-state index in [4.69, 9.17) is 24.2 Å². The Hall–Kier alpha value is -3.99. The highest BCUT2D eigenvalue weighted by atomic mass is 16.7. The number of fused-ring (bicyclic) bond motifs is 1. The Morgan fingerprint density at radius 2 is 1.63 bits per heavy atom. The number of methoxy groups -OCH3 is 2. The molecule has 0 saturated heterocycles. The van der Waals surface area contributed by atoms with Crippen molar-refractivity contribution in [2.45, 2.75) is 59.1 Å². The average molecular weight is 556 g/mol. The van der Waals surface area contributed by atoms with Crippen LogP contribution in [0.3, 0.4) is 0 Å². The Labute approximate surface area is 240 Å². The number of pyridine rings is 1. The van der Waals surface area contributed by atoms with Crippen molar-refractivity contribution in [3.63, 3.8) is 0 Å². The summed E-state index contributed by atoms with van der Waals surface area (Å²) in [5, 5.41) is 12.4. The van der Waals surface area contributed by atoms with Crippen molar-refractivity contribution in [1.29, 1.82) is 0 Å². The first-order valence-corrected chi connectivity index (χ1v) is 14.1. The second-order valence-electron chi connectivity index (χ2n) is 9.84. The molecule has 0 radical (unpaired) electrons. The molecule has 0 amide bonds. The Morgan fingerprint density at radius 3 is 2.34 bits per heavy atom. The molecular formula is C31H37N7O3. The molecule has 41 heavy (non-hydrogen) atoms. The number of imidazole rings is 1. The van der Waals surface area contributed by atoms with E-state index in [0.717, 1.165) is 64.2 Å². The van der Waals surface area contributed by atoms with Crippen LogP contribution in [0.4, 0.5) is 0 Å². The molecule has 3 heterocycles. The zero-order chi connectivity index (χ0) is 28.8. The van der Waals surface area contributed by atoms with Crippen molar-refractivity contribution in [1.82, 2.24) is 34.7 Å². The summed E-state index contributed by atoms with van der Waals surface area (Å²) >= 11 is 0. The standard InChI is InChI=1S/C31H37N7O3/c1-6-8-13-28-32-26-18-19-27(31(39-4)40-5)33-30(26)37(28)20-22-14-16-23(17-15-22)24-11-9-10-12-25(24)29-34-35-36-38(29)21(3)41-7-2/h9-12,14-19,21,31H,6-8,13,20H2,1-5H3. The Kier molecular flexibility index (Phi) is 9.13. The topological polar surface area (TPSA) is 102 Å². The third kappa shape index (κ3) is 6.04. The van der Waals surface area contributed by atoms with E-state index in [2.05, 4.69) is 57.3 Å². The number of nitrogens with zero attached hydrogens (tertiary/aromatic N) is 7. The fraction of sp³-hybridized carbons (Fsp3) is 0.387. The second kappa shape index (κ2) is 13.1. The summed E-state index contributed by atoms with van der Waals surface area (Å²) in [6.45, 7) is 7.32. The first-order valence-electron chi connectivity index (χ1n) is 14.1. The summed E-state index contributed by atoms with van der Waals surface area (Å²) < 4.78 is 20.6. The quantitative estimate of drug-likeness (QED) is 0.163.